The summed E-state index contributed by atoms with van der Waals surface area (Å²) in [6, 6.07) is 7.36. The van der Waals surface area contributed by atoms with E-state index in [2.05, 4.69) is 20.8 Å². The van der Waals surface area contributed by atoms with E-state index in [0.717, 1.165) is 24.2 Å². The van der Waals surface area contributed by atoms with Crippen molar-refractivity contribution in [1.29, 1.82) is 0 Å². The van der Waals surface area contributed by atoms with Crippen LogP contribution in [0.5, 0.6) is 0 Å². The molecule has 0 saturated heterocycles. The summed E-state index contributed by atoms with van der Waals surface area (Å²) < 4.78 is 1.53. The number of carbonyl (C=O) groups is 1. The first-order chi connectivity index (χ1) is 9.23. The van der Waals surface area contributed by atoms with Gasteiger partial charge in [-0.15, -0.1) is 5.10 Å². The second kappa shape index (κ2) is 4.43. The molecule has 1 aromatic carbocycles. The first kappa shape index (κ1) is 11.8. The number of rotatable bonds is 4. The first-order valence-corrected chi connectivity index (χ1v) is 6.08. The van der Waals surface area contributed by atoms with Gasteiger partial charge in [0.1, 0.15) is 6.33 Å². The third kappa shape index (κ3) is 2.19. The van der Waals surface area contributed by atoms with Crippen molar-refractivity contribution in [2.75, 3.05) is 11.9 Å². The van der Waals surface area contributed by atoms with Crippen LogP contribution in [0.15, 0.2) is 30.6 Å². The summed E-state index contributed by atoms with van der Waals surface area (Å²) in [6.45, 7) is 0.394. The summed E-state index contributed by atoms with van der Waals surface area (Å²) in [5.41, 5.74) is 6.79. The number of amides is 1. The number of benzene rings is 1. The van der Waals surface area contributed by atoms with Crippen molar-refractivity contribution in [3.05, 3.63) is 30.6 Å². The summed E-state index contributed by atoms with van der Waals surface area (Å²) in [7, 11) is 0. The van der Waals surface area contributed by atoms with Crippen molar-refractivity contribution in [3.8, 4) is 5.69 Å². The largest absolute Gasteiger partial charge is 0.329 e. The van der Waals surface area contributed by atoms with Gasteiger partial charge >= 0.3 is 0 Å². The average Bonchev–Trinajstić information content (AvgIpc) is 3.05. The molecule has 19 heavy (non-hydrogen) atoms. The quantitative estimate of drug-likeness (QED) is 0.824. The van der Waals surface area contributed by atoms with Crippen molar-refractivity contribution in [1.82, 2.24) is 20.2 Å². The molecule has 2 aromatic rings. The van der Waals surface area contributed by atoms with Gasteiger partial charge in [0.05, 0.1) is 11.1 Å². The number of hydrogen-bond donors (Lipinski definition) is 2. The van der Waals surface area contributed by atoms with Crippen LogP contribution in [0.4, 0.5) is 5.69 Å². The van der Waals surface area contributed by atoms with Crippen molar-refractivity contribution in [2.24, 2.45) is 11.1 Å². The van der Waals surface area contributed by atoms with Gasteiger partial charge in [0.2, 0.25) is 5.91 Å². The number of aromatic nitrogens is 4. The molecule has 3 N–H and O–H groups in total. The second-order valence-electron chi connectivity index (χ2n) is 4.74. The number of anilines is 1. The molecule has 7 heteroatoms. The lowest BCUT2D eigenvalue weighted by atomic mass is 10.1. The minimum absolute atomic E-state index is 0.0103. The Bertz CT molecular complexity index is 590. The van der Waals surface area contributed by atoms with Crippen LogP contribution in [-0.4, -0.2) is 32.7 Å². The van der Waals surface area contributed by atoms with Crippen LogP contribution in [-0.2, 0) is 4.79 Å². The predicted molar refractivity (Wildman–Crippen MR) is 68.5 cm³/mol. The number of nitrogens with one attached hydrogen (secondary N) is 1. The molecule has 1 fully saturated rings. The molecule has 98 valence electrons. The number of nitrogens with two attached hydrogens (primary N) is 1. The third-order valence-electron chi connectivity index (χ3n) is 3.44. The molecule has 1 aliphatic rings. The van der Waals surface area contributed by atoms with E-state index in [1.54, 1.807) is 0 Å². The highest BCUT2D eigenvalue weighted by Gasteiger charge is 2.48. The van der Waals surface area contributed by atoms with Crippen LogP contribution in [0.2, 0.25) is 0 Å². The molecule has 0 bridgehead atoms. The van der Waals surface area contributed by atoms with Crippen molar-refractivity contribution in [2.45, 2.75) is 12.8 Å². The minimum atomic E-state index is -0.356. The second-order valence-corrected chi connectivity index (χ2v) is 4.74. The van der Waals surface area contributed by atoms with Crippen molar-refractivity contribution in [3.63, 3.8) is 0 Å². The molecule has 0 unspecified atom stereocenters. The maximum Gasteiger partial charge on any atom is 0.231 e. The number of carbonyl (C=O) groups excluding carboxylic acids is 1. The molecule has 0 spiro atoms. The van der Waals surface area contributed by atoms with Gasteiger partial charge in [-0.3, -0.25) is 4.79 Å². The highest BCUT2D eigenvalue weighted by Crippen LogP contribution is 2.45. The maximum absolute atomic E-state index is 12.1. The van der Waals surface area contributed by atoms with Crippen LogP contribution >= 0.6 is 0 Å². The number of nitrogens with zero attached hydrogens (tertiary/aromatic N) is 4. The standard InChI is InChI=1S/C12H14N6O/c13-7-12(4-5-12)11(19)15-9-2-1-3-10(6-9)18-8-14-16-17-18/h1-3,6,8H,4-5,7,13H2,(H,15,19). The monoisotopic (exact) mass is 258 g/mol. The highest BCUT2D eigenvalue weighted by atomic mass is 16.2. The fourth-order valence-corrected chi connectivity index (χ4v) is 1.94. The Morgan fingerprint density at radius 2 is 2.32 bits per heavy atom. The SMILES string of the molecule is NCC1(C(=O)Nc2cccc(-n3cnnn3)c2)CC1. The minimum Gasteiger partial charge on any atom is -0.329 e. The van der Waals surface area contributed by atoms with E-state index in [0.29, 0.717) is 6.54 Å². The smallest absolute Gasteiger partial charge is 0.231 e. The van der Waals surface area contributed by atoms with Gasteiger partial charge in [0.25, 0.3) is 0 Å². The summed E-state index contributed by atoms with van der Waals surface area (Å²) in [4.78, 5) is 12.1. The van der Waals surface area contributed by atoms with E-state index in [-0.39, 0.29) is 11.3 Å². The maximum atomic E-state index is 12.1. The molecule has 3 rings (SSSR count). The zero-order valence-corrected chi connectivity index (χ0v) is 10.3. The Labute approximate surface area is 109 Å². The van der Waals surface area contributed by atoms with E-state index in [1.165, 1.54) is 11.0 Å². The fourth-order valence-electron chi connectivity index (χ4n) is 1.94. The van der Waals surface area contributed by atoms with Crippen molar-refractivity contribution >= 4 is 11.6 Å². The summed E-state index contributed by atoms with van der Waals surface area (Å²) in [5, 5.41) is 13.9. The first-order valence-electron chi connectivity index (χ1n) is 6.08. The molecular weight excluding hydrogens is 244 g/mol. The lowest BCUT2D eigenvalue weighted by Gasteiger charge is -2.13. The van der Waals surface area contributed by atoms with Gasteiger partial charge in [-0.05, 0) is 41.5 Å². The molecule has 1 heterocycles. The van der Waals surface area contributed by atoms with E-state index < -0.39 is 0 Å². The molecule has 0 atom stereocenters. The lowest BCUT2D eigenvalue weighted by Crippen LogP contribution is -2.30. The van der Waals surface area contributed by atoms with Gasteiger partial charge in [0, 0.05) is 12.2 Å². The van der Waals surface area contributed by atoms with E-state index >= 15 is 0 Å². The Kier molecular flexibility index (Phi) is 2.75. The molecule has 1 aliphatic carbocycles. The summed E-state index contributed by atoms with van der Waals surface area (Å²) >= 11 is 0. The van der Waals surface area contributed by atoms with Gasteiger partial charge in [0.15, 0.2) is 0 Å². The summed E-state index contributed by atoms with van der Waals surface area (Å²) in [5.74, 6) is -0.0103. The molecule has 1 saturated carbocycles. The Balaban J connectivity index is 1.79. The van der Waals surface area contributed by atoms with Gasteiger partial charge in [-0.1, -0.05) is 6.07 Å². The van der Waals surface area contributed by atoms with E-state index in [9.17, 15) is 4.79 Å². The zero-order chi connectivity index (χ0) is 13.3. The molecule has 0 aliphatic heterocycles. The van der Waals surface area contributed by atoms with E-state index in [4.69, 9.17) is 5.73 Å². The Hall–Kier alpha value is -2.28. The Morgan fingerprint density at radius 3 is 2.95 bits per heavy atom. The Morgan fingerprint density at radius 1 is 1.47 bits per heavy atom. The normalized spacial score (nSPS) is 16.1. The summed E-state index contributed by atoms with van der Waals surface area (Å²) in [6.07, 6.45) is 3.23. The van der Waals surface area contributed by atoms with Crippen LogP contribution in [0, 0.1) is 5.41 Å². The number of tetrazole rings is 1. The zero-order valence-electron chi connectivity index (χ0n) is 10.3. The highest BCUT2D eigenvalue weighted by molar-refractivity contribution is 5.97. The molecule has 1 amide bonds. The van der Waals surface area contributed by atoms with E-state index in [1.807, 2.05) is 24.3 Å². The fraction of sp³-hybridized carbons (Fsp3) is 0.333. The molecular formula is C12H14N6O. The topological polar surface area (TPSA) is 98.7 Å². The van der Waals surface area contributed by atoms with Crippen LogP contribution in [0.3, 0.4) is 0 Å². The molecule has 0 radical (unpaired) electrons. The van der Waals surface area contributed by atoms with Crippen LogP contribution < -0.4 is 11.1 Å². The third-order valence-corrected chi connectivity index (χ3v) is 3.44. The molecule has 7 nitrogen and oxygen atoms in total. The van der Waals surface area contributed by atoms with Gasteiger partial charge in [-0.25, -0.2) is 4.68 Å². The van der Waals surface area contributed by atoms with Crippen LogP contribution in [0.1, 0.15) is 12.8 Å². The van der Waals surface area contributed by atoms with Crippen LogP contribution in [0.25, 0.3) is 5.69 Å². The van der Waals surface area contributed by atoms with Gasteiger partial charge in [-0.2, -0.15) is 0 Å². The predicted octanol–water partition coefficient (Wildman–Crippen LogP) is 0.340. The number of hydrogen-bond acceptors (Lipinski definition) is 5. The molecule has 1 aromatic heterocycles. The average molecular weight is 258 g/mol. The lowest BCUT2D eigenvalue weighted by molar-refractivity contribution is -0.120. The van der Waals surface area contributed by atoms with Crippen molar-refractivity contribution < 1.29 is 4.79 Å². The van der Waals surface area contributed by atoms with Gasteiger partial charge < -0.3 is 11.1 Å².